The Bertz CT molecular complexity index is 1220. The zero-order valence-electron chi connectivity index (χ0n) is 17.7. The van der Waals surface area contributed by atoms with Gasteiger partial charge in [0.25, 0.3) is 5.91 Å². The van der Waals surface area contributed by atoms with E-state index in [4.69, 9.17) is 4.98 Å². The number of imidazole rings is 1. The van der Waals surface area contributed by atoms with Crippen molar-refractivity contribution in [2.24, 2.45) is 11.8 Å². The van der Waals surface area contributed by atoms with Crippen molar-refractivity contribution in [2.75, 3.05) is 0 Å². The third-order valence-corrected chi connectivity index (χ3v) is 7.74. The molecule has 0 spiro atoms. The summed E-state index contributed by atoms with van der Waals surface area (Å²) in [4.78, 5) is 18.7. The van der Waals surface area contributed by atoms with Gasteiger partial charge in [0.2, 0.25) is 0 Å². The van der Waals surface area contributed by atoms with Gasteiger partial charge in [0, 0.05) is 23.4 Å². The van der Waals surface area contributed by atoms with Crippen LogP contribution in [-0.2, 0) is 0 Å². The fourth-order valence-electron chi connectivity index (χ4n) is 4.54. The van der Waals surface area contributed by atoms with E-state index in [-0.39, 0.29) is 11.9 Å². The number of hydrogen-bond donors (Lipinski definition) is 1. The fourth-order valence-corrected chi connectivity index (χ4v) is 5.59. The first-order valence-corrected chi connectivity index (χ1v) is 11.6. The van der Waals surface area contributed by atoms with Gasteiger partial charge in [0.1, 0.15) is 0 Å². The van der Waals surface area contributed by atoms with E-state index in [1.165, 1.54) is 18.4 Å². The molecule has 5 heteroatoms. The second-order valence-electron chi connectivity index (χ2n) is 8.78. The number of benzene rings is 2. The monoisotopic (exact) mass is 417 g/mol. The molecule has 2 aromatic carbocycles. The molecule has 2 heterocycles. The number of rotatable bonds is 3. The fraction of sp³-hybridized carbons (Fsp3) is 0.360. The van der Waals surface area contributed by atoms with Crippen LogP contribution in [0.5, 0.6) is 0 Å². The minimum absolute atomic E-state index is 0.0363. The normalized spacial score (nSPS) is 21.9. The van der Waals surface area contributed by atoms with Crippen LogP contribution >= 0.6 is 11.3 Å². The van der Waals surface area contributed by atoms with E-state index in [9.17, 15) is 4.79 Å². The number of hydrogen-bond acceptors (Lipinski definition) is 3. The Morgan fingerprint density at radius 3 is 2.73 bits per heavy atom. The zero-order valence-corrected chi connectivity index (χ0v) is 18.5. The number of thiazole rings is 1. The predicted octanol–water partition coefficient (Wildman–Crippen LogP) is 6.08. The van der Waals surface area contributed by atoms with Crippen molar-refractivity contribution < 1.29 is 4.79 Å². The lowest BCUT2D eigenvalue weighted by molar-refractivity contribution is 0.0891. The lowest BCUT2D eigenvalue weighted by Gasteiger charge is -2.34. The van der Waals surface area contributed by atoms with Gasteiger partial charge < -0.3 is 5.32 Å². The van der Waals surface area contributed by atoms with Gasteiger partial charge in [-0.25, -0.2) is 4.98 Å². The Morgan fingerprint density at radius 2 is 1.93 bits per heavy atom. The Balaban J connectivity index is 1.42. The van der Waals surface area contributed by atoms with E-state index in [2.05, 4.69) is 61.0 Å². The van der Waals surface area contributed by atoms with Gasteiger partial charge in [-0.3, -0.25) is 9.20 Å². The second-order valence-corrected chi connectivity index (χ2v) is 9.79. The zero-order chi connectivity index (χ0) is 20.8. The number of aryl methyl sites for hydroxylation is 1. The Kier molecular flexibility index (Phi) is 4.86. The molecule has 1 N–H and O–H groups in total. The number of fused-ring (bicyclic) bond motifs is 3. The summed E-state index contributed by atoms with van der Waals surface area (Å²) in [5, 5.41) is 3.29. The third-order valence-electron chi connectivity index (χ3n) is 6.73. The molecule has 1 saturated carbocycles. The van der Waals surface area contributed by atoms with Crippen LogP contribution in [-0.4, -0.2) is 21.3 Å². The van der Waals surface area contributed by atoms with E-state index in [1.807, 2.05) is 18.2 Å². The molecule has 4 nitrogen and oxygen atoms in total. The number of nitrogens with zero attached hydrogens (tertiary/aromatic N) is 2. The lowest BCUT2D eigenvalue weighted by atomic mass is 9.78. The molecule has 1 fully saturated rings. The van der Waals surface area contributed by atoms with Crippen LogP contribution in [0.1, 0.15) is 49.0 Å². The topological polar surface area (TPSA) is 46.4 Å². The van der Waals surface area contributed by atoms with E-state index in [1.54, 1.807) is 11.3 Å². The van der Waals surface area contributed by atoms with Crippen molar-refractivity contribution in [3.63, 3.8) is 0 Å². The van der Waals surface area contributed by atoms with E-state index in [0.717, 1.165) is 38.4 Å². The highest BCUT2D eigenvalue weighted by Gasteiger charge is 2.28. The molecule has 4 aromatic rings. The van der Waals surface area contributed by atoms with Gasteiger partial charge in [-0.2, -0.15) is 0 Å². The molecule has 154 valence electrons. The molecule has 5 rings (SSSR count). The number of carbonyl (C=O) groups excluding carboxylic acids is 1. The molecule has 3 atom stereocenters. The first-order chi connectivity index (χ1) is 14.5. The molecular formula is C25H27N3OS. The van der Waals surface area contributed by atoms with Crippen LogP contribution in [0.2, 0.25) is 0 Å². The summed E-state index contributed by atoms with van der Waals surface area (Å²) < 4.78 is 3.22. The van der Waals surface area contributed by atoms with Gasteiger partial charge >= 0.3 is 0 Å². The highest BCUT2D eigenvalue weighted by atomic mass is 32.1. The second kappa shape index (κ2) is 7.55. The van der Waals surface area contributed by atoms with Crippen LogP contribution in [0.15, 0.2) is 48.7 Å². The van der Waals surface area contributed by atoms with Crippen LogP contribution in [0.4, 0.5) is 0 Å². The maximum absolute atomic E-state index is 12.9. The number of amides is 1. The minimum atomic E-state index is 0.0363. The summed E-state index contributed by atoms with van der Waals surface area (Å²) in [7, 11) is 0. The molecule has 0 unspecified atom stereocenters. The van der Waals surface area contributed by atoms with Crippen LogP contribution in [0.25, 0.3) is 26.4 Å². The Morgan fingerprint density at radius 1 is 1.13 bits per heavy atom. The van der Waals surface area contributed by atoms with E-state index in [0.29, 0.717) is 11.8 Å². The molecule has 1 aliphatic rings. The molecule has 1 amide bonds. The molecule has 0 aliphatic heterocycles. The highest BCUT2D eigenvalue weighted by molar-refractivity contribution is 7.23. The number of nitrogens with one attached hydrogen (secondary N) is 1. The molecule has 0 saturated heterocycles. The lowest BCUT2D eigenvalue weighted by Crippen LogP contribution is -2.43. The van der Waals surface area contributed by atoms with E-state index >= 15 is 0 Å². The molecule has 30 heavy (non-hydrogen) atoms. The van der Waals surface area contributed by atoms with Crippen LogP contribution < -0.4 is 5.32 Å². The van der Waals surface area contributed by atoms with Crippen molar-refractivity contribution in [2.45, 2.75) is 46.1 Å². The maximum Gasteiger partial charge on any atom is 0.251 e. The van der Waals surface area contributed by atoms with Crippen molar-refractivity contribution >= 4 is 32.4 Å². The first kappa shape index (κ1) is 19.3. The summed E-state index contributed by atoms with van der Waals surface area (Å²) in [6.07, 6.45) is 5.62. The van der Waals surface area contributed by atoms with Gasteiger partial charge in [-0.1, -0.05) is 67.9 Å². The number of aromatic nitrogens is 2. The minimum Gasteiger partial charge on any atom is -0.349 e. The van der Waals surface area contributed by atoms with Crippen molar-refractivity contribution in [3.05, 3.63) is 59.8 Å². The Labute approximate surface area is 181 Å². The van der Waals surface area contributed by atoms with Gasteiger partial charge in [0.15, 0.2) is 4.96 Å². The standard InChI is InChI=1S/C25H27N3OS/c1-15-7-9-18(10-8-15)21-14-28-22-12-11-19(13-23(22)30-25(28)27-21)24(29)26-20-6-4-5-16(2)17(20)3/h7-14,16-17,20H,4-6H2,1-3H3,(H,26,29)/t16-,17-,20+/m0/s1. The predicted molar refractivity (Wildman–Crippen MR) is 124 cm³/mol. The van der Waals surface area contributed by atoms with Gasteiger partial charge in [-0.15, -0.1) is 0 Å². The summed E-state index contributed by atoms with van der Waals surface area (Å²) in [5.74, 6) is 1.23. The van der Waals surface area contributed by atoms with Gasteiger partial charge in [-0.05, 0) is 43.4 Å². The average molecular weight is 418 g/mol. The van der Waals surface area contributed by atoms with Crippen molar-refractivity contribution in [1.29, 1.82) is 0 Å². The summed E-state index contributed by atoms with van der Waals surface area (Å²) in [6.45, 7) is 6.64. The van der Waals surface area contributed by atoms with Crippen LogP contribution in [0, 0.1) is 18.8 Å². The van der Waals surface area contributed by atoms with Crippen molar-refractivity contribution in [1.82, 2.24) is 14.7 Å². The largest absolute Gasteiger partial charge is 0.349 e. The molecule has 0 bridgehead atoms. The smallest absolute Gasteiger partial charge is 0.251 e. The van der Waals surface area contributed by atoms with Crippen LogP contribution in [0.3, 0.4) is 0 Å². The van der Waals surface area contributed by atoms with Gasteiger partial charge in [0.05, 0.1) is 15.9 Å². The summed E-state index contributed by atoms with van der Waals surface area (Å²) in [5.41, 5.74) is 5.17. The summed E-state index contributed by atoms with van der Waals surface area (Å²) in [6, 6.07) is 14.7. The van der Waals surface area contributed by atoms with Crippen molar-refractivity contribution in [3.8, 4) is 11.3 Å². The Hall–Kier alpha value is -2.66. The molecule has 0 radical (unpaired) electrons. The molecule has 2 aromatic heterocycles. The number of carbonyl (C=O) groups is 1. The first-order valence-electron chi connectivity index (χ1n) is 10.8. The average Bonchev–Trinajstić information content (AvgIpc) is 3.29. The molecule has 1 aliphatic carbocycles. The maximum atomic E-state index is 12.9. The quantitative estimate of drug-likeness (QED) is 0.439. The summed E-state index contributed by atoms with van der Waals surface area (Å²) >= 11 is 1.63. The highest BCUT2D eigenvalue weighted by Crippen LogP contribution is 2.32. The molecular weight excluding hydrogens is 390 g/mol. The SMILES string of the molecule is Cc1ccc(-c2cn3c(n2)sc2cc(C(=O)N[C@@H]4CCC[C@H](C)[C@@H]4C)ccc23)cc1. The van der Waals surface area contributed by atoms with E-state index < -0.39 is 0 Å². The third kappa shape index (κ3) is 3.41.